The molecule has 1 heteroatoms. The van der Waals surface area contributed by atoms with Gasteiger partial charge in [0.15, 0.2) is 0 Å². The maximum atomic E-state index is 9.58. The largest absolute Gasteiger partial charge is 0.386 e. The van der Waals surface area contributed by atoms with Crippen molar-refractivity contribution in [3.63, 3.8) is 0 Å². The van der Waals surface area contributed by atoms with E-state index in [-0.39, 0.29) is 0 Å². The van der Waals surface area contributed by atoms with Crippen molar-refractivity contribution in [1.82, 2.24) is 0 Å². The van der Waals surface area contributed by atoms with Crippen LogP contribution in [0, 0.1) is 5.92 Å². The molecule has 0 spiro atoms. The highest BCUT2D eigenvalue weighted by Crippen LogP contribution is 2.13. The minimum atomic E-state index is -0.706. The monoisotopic (exact) mass is 182 g/mol. The first-order chi connectivity index (χ1) is 5.98. The lowest BCUT2D eigenvalue weighted by atomic mass is 10.00. The van der Waals surface area contributed by atoms with Crippen LogP contribution in [-0.2, 0) is 0 Å². The van der Waals surface area contributed by atoms with Crippen molar-refractivity contribution in [2.75, 3.05) is 0 Å². The predicted octanol–water partition coefficient (Wildman–Crippen LogP) is 3.31. The quantitative estimate of drug-likeness (QED) is 0.625. The van der Waals surface area contributed by atoms with Crippen molar-refractivity contribution in [3.05, 3.63) is 24.8 Å². The summed E-state index contributed by atoms with van der Waals surface area (Å²) < 4.78 is 0. The molecular formula is C12H22O. The molecule has 0 saturated carbocycles. The van der Waals surface area contributed by atoms with Gasteiger partial charge in [0.05, 0.1) is 5.60 Å². The summed E-state index contributed by atoms with van der Waals surface area (Å²) in [6, 6.07) is 0. The zero-order chi connectivity index (χ0) is 10.3. The normalized spacial score (nSPS) is 16.4. The van der Waals surface area contributed by atoms with Crippen molar-refractivity contribution in [3.8, 4) is 0 Å². The zero-order valence-electron chi connectivity index (χ0n) is 9.09. The molecule has 0 radical (unpaired) electrons. The first kappa shape index (κ1) is 12.4. The molecule has 0 aromatic carbocycles. The van der Waals surface area contributed by atoms with Crippen LogP contribution in [0.4, 0.5) is 0 Å². The van der Waals surface area contributed by atoms with Gasteiger partial charge in [-0.25, -0.2) is 0 Å². The van der Waals surface area contributed by atoms with Gasteiger partial charge < -0.3 is 5.11 Å². The Labute approximate surface area is 82.2 Å². The maximum absolute atomic E-state index is 9.58. The molecule has 0 rings (SSSR count). The fraction of sp³-hybridized carbons (Fsp3) is 0.667. The van der Waals surface area contributed by atoms with Gasteiger partial charge in [0.2, 0.25) is 0 Å². The van der Waals surface area contributed by atoms with E-state index in [0.717, 1.165) is 25.2 Å². The third kappa shape index (κ3) is 7.79. The third-order valence-electron chi connectivity index (χ3n) is 2.03. The molecule has 0 heterocycles. The number of hydrogen-bond donors (Lipinski definition) is 1. The molecule has 1 atom stereocenters. The molecule has 0 aliphatic heterocycles. The molecule has 1 nitrogen and oxygen atoms in total. The van der Waals surface area contributed by atoms with Gasteiger partial charge in [-0.15, -0.1) is 6.58 Å². The molecular weight excluding hydrogens is 160 g/mol. The molecule has 0 fully saturated rings. The topological polar surface area (TPSA) is 20.2 Å². The number of rotatable bonds is 6. The van der Waals surface area contributed by atoms with Gasteiger partial charge in [0, 0.05) is 0 Å². The average Bonchev–Trinajstić information content (AvgIpc) is 2.03. The Morgan fingerprint density at radius 2 is 2.00 bits per heavy atom. The van der Waals surface area contributed by atoms with Crippen LogP contribution in [0.15, 0.2) is 24.8 Å². The molecule has 0 aromatic heterocycles. The van der Waals surface area contributed by atoms with Crippen molar-refractivity contribution in [2.24, 2.45) is 5.92 Å². The van der Waals surface area contributed by atoms with Crippen LogP contribution in [0.3, 0.4) is 0 Å². The molecule has 76 valence electrons. The molecule has 0 saturated heterocycles. The Morgan fingerprint density at radius 3 is 2.46 bits per heavy atom. The van der Waals surface area contributed by atoms with Gasteiger partial charge in [-0.05, 0) is 32.1 Å². The van der Waals surface area contributed by atoms with Gasteiger partial charge in [0.25, 0.3) is 0 Å². The molecule has 1 unspecified atom stereocenters. The van der Waals surface area contributed by atoms with Gasteiger partial charge >= 0.3 is 0 Å². The highest BCUT2D eigenvalue weighted by Gasteiger charge is 2.12. The molecule has 0 bridgehead atoms. The Balaban J connectivity index is 3.55. The maximum Gasteiger partial charge on any atom is 0.0800 e. The second kappa shape index (κ2) is 5.98. The summed E-state index contributed by atoms with van der Waals surface area (Å²) >= 11 is 0. The highest BCUT2D eigenvalue weighted by atomic mass is 16.3. The van der Waals surface area contributed by atoms with Crippen LogP contribution in [0.1, 0.15) is 40.0 Å². The minimum absolute atomic E-state index is 0.706. The summed E-state index contributed by atoms with van der Waals surface area (Å²) in [4.78, 5) is 0. The zero-order valence-corrected chi connectivity index (χ0v) is 9.09. The van der Waals surface area contributed by atoms with Crippen molar-refractivity contribution >= 4 is 0 Å². The van der Waals surface area contributed by atoms with Crippen LogP contribution >= 0.6 is 0 Å². The van der Waals surface area contributed by atoms with E-state index in [2.05, 4.69) is 32.6 Å². The lowest BCUT2D eigenvalue weighted by Gasteiger charge is -2.16. The standard InChI is InChI=1S/C12H22O/c1-5-12(4,13)10-8-6-7-9-11(2)3/h5-7,11,13H,1,8-10H2,2-4H3. The lowest BCUT2D eigenvalue weighted by Crippen LogP contribution is -2.19. The SMILES string of the molecule is C=CC(C)(O)CCC=CCC(C)C. The van der Waals surface area contributed by atoms with Gasteiger partial charge in [-0.1, -0.05) is 32.1 Å². The van der Waals surface area contributed by atoms with Gasteiger partial charge in [0.1, 0.15) is 0 Å². The van der Waals surface area contributed by atoms with E-state index in [0.29, 0.717) is 0 Å². The van der Waals surface area contributed by atoms with Crippen LogP contribution in [0.2, 0.25) is 0 Å². The molecule has 0 aliphatic carbocycles. The van der Waals surface area contributed by atoms with E-state index >= 15 is 0 Å². The van der Waals surface area contributed by atoms with Crippen LogP contribution in [0.5, 0.6) is 0 Å². The van der Waals surface area contributed by atoms with Crippen LogP contribution in [0.25, 0.3) is 0 Å². The Kier molecular flexibility index (Phi) is 5.72. The molecule has 13 heavy (non-hydrogen) atoms. The first-order valence-corrected chi connectivity index (χ1v) is 4.99. The number of aliphatic hydroxyl groups is 1. The fourth-order valence-electron chi connectivity index (χ4n) is 0.964. The first-order valence-electron chi connectivity index (χ1n) is 4.99. The summed E-state index contributed by atoms with van der Waals surface area (Å²) in [5.74, 6) is 0.719. The Bertz CT molecular complexity index is 166. The van der Waals surface area contributed by atoms with Crippen LogP contribution < -0.4 is 0 Å². The van der Waals surface area contributed by atoms with E-state index in [1.165, 1.54) is 0 Å². The Morgan fingerprint density at radius 1 is 1.38 bits per heavy atom. The number of allylic oxidation sites excluding steroid dienone is 2. The molecule has 0 amide bonds. The van der Waals surface area contributed by atoms with Gasteiger partial charge in [-0.2, -0.15) is 0 Å². The molecule has 0 aliphatic rings. The summed E-state index contributed by atoms with van der Waals surface area (Å²) in [7, 11) is 0. The van der Waals surface area contributed by atoms with E-state index in [1.54, 1.807) is 13.0 Å². The Hall–Kier alpha value is -0.560. The van der Waals surface area contributed by atoms with Crippen molar-refractivity contribution in [1.29, 1.82) is 0 Å². The van der Waals surface area contributed by atoms with Crippen LogP contribution in [-0.4, -0.2) is 10.7 Å². The van der Waals surface area contributed by atoms with E-state index < -0.39 is 5.60 Å². The summed E-state index contributed by atoms with van der Waals surface area (Å²) in [5, 5.41) is 9.58. The van der Waals surface area contributed by atoms with E-state index in [9.17, 15) is 5.11 Å². The second-order valence-corrected chi connectivity index (χ2v) is 4.20. The summed E-state index contributed by atoms with van der Waals surface area (Å²) in [6.07, 6.45) is 8.72. The average molecular weight is 182 g/mol. The fourth-order valence-corrected chi connectivity index (χ4v) is 0.964. The van der Waals surface area contributed by atoms with E-state index in [4.69, 9.17) is 0 Å². The summed E-state index contributed by atoms with van der Waals surface area (Å²) in [6.45, 7) is 9.77. The molecule has 1 N–H and O–H groups in total. The van der Waals surface area contributed by atoms with Gasteiger partial charge in [-0.3, -0.25) is 0 Å². The van der Waals surface area contributed by atoms with Crippen molar-refractivity contribution in [2.45, 2.75) is 45.6 Å². The lowest BCUT2D eigenvalue weighted by molar-refractivity contribution is 0.103. The summed E-state index contributed by atoms with van der Waals surface area (Å²) in [5.41, 5.74) is -0.706. The van der Waals surface area contributed by atoms with E-state index in [1.807, 2.05) is 0 Å². The van der Waals surface area contributed by atoms with Crippen molar-refractivity contribution < 1.29 is 5.11 Å². The molecule has 0 aromatic rings. The second-order valence-electron chi connectivity index (χ2n) is 4.20. The smallest absolute Gasteiger partial charge is 0.0800 e. The predicted molar refractivity (Wildman–Crippen MR) is 58.6 cm³/mol. The third-order valence-corrected chi connectivity index (χ3v) is 2.03. The highest BCUT2D eigenvalue weighted by molar-refractivity contribution is 4.94. The minimum Gasteiger partial charge on any atom is -0.386 e. The number of hydrogen-bond acceptors (Lipinski definition) is 1.